The molecule has 0 unspecified atom stereocenters. The molecule has 1 aliphatic heterocycles. The highest BCUT2D eigenvalue weighted by molar-refractivity contribution is 6.09. The van der Waals surface area contributed by atoms with Crippen molar-refractivity contribution in [1.82, 2.24) is 9.88 Å². The molecule has 172 valence electrons. The molecular formula is C25H28FN5O2. The Morgan fingerprint density at radius 1 is 1.24 bits per heavy atom. The van der Waals surface area contributed by atoms with E-state index >= 15 is 0 Å². The number of aryl methyl sites for hydroxylation is 1. The number of carbonyl (C=O) groups excluding carboxylic acids is 1. The first-order chi connectivity index (χ1) is 15.9. The van der Waals surface area contributed by atoms with Crippen molar-refractivity contribution in [3.63, 3.8) is 0 Å². The number of phenolic OH excluding ortho intramolecular Hbond substituents is 1. The minimum atomic E-state index is -0.518. The van der Waals surface area contributed by atoms with Gasteiger partial charge >= 0.3 is 0 Å². The van der Waals surface area contributed by atoms with E-state index in [4.69, 9.17) is 5.73 Å². The number of aromatic hydroxyl groups is 1. The second kappa shape index (κ2) is 9.56. The fourth-order valence-corrected chi connectivity index (χ4v) is 4.04. The Morgan fingerprint density at radius 3 is 2.82 bits per heavy atom. The van der Waals surface area contributed by atoms with Gasteiger partial charge in [0.2, 0.25) is 0 Å². The average molecular weight is 450 g/mol. The van der Waals surface area contributed by atoms with Crippen LogP contribution < -0.4 is 16.4 Å². The molecule has 4 rings (SSSR count). The number of pyridine rings is 1. The molecule has 2 heterocycles. The summed E-state index contributed by atoms with van der Waals surface area (Å²) in [6.07, 6.45) is 1.74. The number of ketones is 1. The van der Waals surface area contributed by atoms with Crippen molar-refractivity contribution >= 4 is 28.7 Å². The number of phenols is 1. The number of Topliss-reactive ketones (excluding diaryl/α,β-unsaturated/α-hetero) is 1. The maximum absolute atomic E-state index is 14.5. The predicted octanol–water partition coefficient (Wildman–Crippen LogP) is 4.24. The monoisotopic (exact) mass is 449 g/mol. The van der Waals surface area contributed by atoms with E-state index in [2.05, 4.69) is 27.4 Å². The first-order valence-corrected chi connectivity index (χ1v) is 11.0. The Kier molecular flexibility index (Phi) is 6.57. The highest BCUT2D eigenvalue weighted by Gasteiger charge is 2.24. The van der Waals surface area contributed by atoms with E-state index in [0.29, 0.717) is 29.2 Å². The predicted molar refractivity (Wildman–Crippen MR) is 128 cm³/mol. The number of nitrogens with zero attached hydrogens (tertiary/aromatic N) is 2. The number of nitrogens with one attached hydrogen (secondary N) is 2. The molecule has 33 heavy (non-hydrogen) atoms. The summed E-state index contributed by atoms with van der Waals surface area (Å²) in [6.45, 7) is 6.76. The van der Waals surface area contributed by atoms with Gasteiger partial charge in [0.1, 0.15) is 17.4 Å². The van der Waals surface area contributed by atoms with Crippen LogP contribution in [0.2, 0.25) is 0 Å². The van der Waals surface area contributed by atoms with Gasteiger partial charge in [-0.2, -0.15) is 0 Å². The molecule has 0 fully saturated rings. The molecule has 0 spiro atoms. The lowest BCUT2D eigenvalue weighted by Crippen LogP contribution is -2.28. The molecule has 0 atom stereocenters. The lowest BCUT2D eigenvalue weighted by atomic mass is 10.0. The van der Waals surface area contributed by atoms with E-state index in [1.165, 1.54) is 12.1 Å². The van der Waals surface area contributed by atoms with Gasteiger partial charge in [0.05, 0.1) is 16.9 Å². The van der Waals surface area contributed by atoms with Gasteiger partial charge < -0.3 is 21.5 Å². The molecule has 5 N–H and O–H groups in total. The Bertz CT molecular complexity index is 1200. The zero-order valence-corrected chi connectivity index (χ0v) is 18.8. The van der Waals surface area contributed by atoms with Crippen LogP contribution in [0.15, 0.2) is 42.6 Å². The average Bonchev–Trinajstić information content (AvgIpc) is 2.93. The van der Waals surface area contributed by atoms with Crippen molar-refractivity contribution in [3.8, 4) is 5.75 Å². The van der Waals surface area contributed by atoms with Crippen LogP contribution in [0, 0.1) is 12.7 Å². The largest absolute Gasteiger partial charge is 0.508 e. The van der Waals surface area contributed by atoms with Gasteiger partial charge in [0, 0.05) is 44.0 Å². The number of halogens is 1. The molecule has 0 bridgehead atoms. The van der Waals surface area contributed by atoms with Crippen molar-refractivity contribution in [3.05, 3.63) is 70.7 Å². The van der Waals surface area contributed by atoms with Gasteiger partial charge in [-0.1, -0.05) is 19.1 Å². The Balaban J connectivity index is 1.64. The SMILES string of the molecule is CCN(CCN)Cc1ccc2c(c1)CC(=O)c1c(Nc3cc(O)c(C)cc3F)ccnc1N2. The van der Waals surface area contributed by atoms with E-state index in [-0.39, 0.29) is 23.6 Å². The Hall–Kier alpha value is -3.49. The number of hydrogen-bond donors (Lipinski definition) is 4. The van der Waals surface area contributed by atoms with E-state index < -0.39 is 5.82 Å². The zero-order chi connectivity index (χ0) is 23.5. The number of fused-ring (bicyclic) bond motifs is 2. The molecule has 3 aromatic rings. The molecule has 8 heteroatoms. The minimum absolute atomic E-state index is 0.0285. The first-order valence-electron chi connectivity index (χ1n) is 11.0. The smallest absolute Gasteiger partial charge is 0.173 e. The highest BCUT2D eigenvalue weighted by Crippen LogP contribution is 2.35. The lowest BCUT2D eigenvalue weighted by Gasteiger charge is -2.20. The number of nitrogens with two attached hydrogens (primary N) is 1. The van der Waals surface area contributed by atoms with Crippen LogP contribution >= 0.6 is 0 Å². The summed E-state index contributed by atoms with van der Waals surface area (Å²) in [6, 6.07) is 10.2. The first kappa shape index (κ1) is 22.7. The fraction of sp³-hybridized carbons (Fsp3) is 0.280. The number of anilines is 4. The molecule has 7 nitrogen and oxygen atoms in total. The van der Waals surface area contributed by atoms with Crippen molar-refractivity contribution in [1.29, 1.82) is 0 Å². The Labute approximate surface area is 192 Å². The molecule has 1 aliphatic rings. The van der Waals surface area contributed by atoms with Crippen LogP contribution in [-0.2, 0) is 13.0 Å². The van der Waals surface area contributed by atoms with Gasteiger partial charge in [0.15, 0.2) is 5.78 Å². The van der Waals surface area contributed by atoms with E-state index in [0.717, 1.165) is 36.4 Å². The van der Waals surface area contributed by atoms with Gasteiger partial charge in [0.25, 0.3) is 0 Å². The van der Waals surface area contributed by atoms with Gasteiger partial charge in [-0.05, 0) is 48.4 Å². The third kappa shape index (κ3) is 4.81. The number of carbonyl (C=O) groups is 1. The topological polar surface area (TPSA) is 104 Å². The van der Waals surface area contributed by atoms with Crippen LogP contribution in [0.1, 0.15) is 34.0 Å². The summed E-state index contributed by atoms with van der Waals surface area (Å²) in [4.78, 5) is 19.9. The summed E-state index contributed by atoms with van der Waals surface area (Å²) < 4.78 is 14.5. The number of hydrogen-bond acceptors (Lipinski definition) is 7. The summed E-state index contributed by atoms with van der Waals surface area (Å²) in [5, 5.41) is 16.2. The van der Waals surface area contributed by atoms with Crippen LogP contribution in [0.4, 0.5) is 27.3 Å². The molecule has 2 aromatic carbocycles. The summed E-state index contributed by atoms with van der Waals surface area (Å²) in [7, 11) is 0. The Morgan fingerprint density at radius 2 is 2.06 bits per heavy atom. The number of likely N-dealkylation sites (N-methyl/N-ethyl adjacent to an activating group) is 1. The number of benzene rings is 2. The van der Waals surface area contributed by atoms with Crippen LogP contribution in [-0.4, -0.2) is 40.4 Å². The second-order valence-electron chi connectivity index (χ2n) is 8.20. The van der Waals surface area contributed by atoms with Gasteiger partial charge in [-0.15, -0.1) is 0 Å². The zero-order valence-electron chi connectivity index (χ0n) is 18.8. The van der Waals surface area contributed by atoms with Crippen molar-refractivity contribution in [2.24, 2.45) is 5.73 Å². The van der Waals surface area contributed by atoms with E-state index in [1.54, 1.807) is 19.2 Å². The normalized spacial score (nSPS) is 12.7. The number of rotatable bonds is 7. The van der Waals surface area contributed by atoms with Crippen molar-refractivity contribution in [2.75, 3.05) is 30.3 Å². The van der Waals surface area contributed by atoms with Gasteiger partial charge in [-0.3, -0.25) is 9.69 Å². The third-order valence-electron chi connectivity index (χ3n) is 5.86. The van der Waals surface area contributed by atoms with Crippen LogP contribution in [0.25, 0.3) is 0 Å². The summed E-state index contributed by atoms with van der Waals surface area (Å²) >= 11 is 0. The van der Waals surface area contributed by atoms with Crippen molar-refractivity contribution in [2.45, 2.75) is 26.8 Å². The van der Waals surface area contributed by atoms with E-state index in [9.17, 15) is 14.3 Å². The fourth-order valence-electron chi connectivity index (χ4n) is 4.04. The number of aromatic nitrogens is 1. The lowest BCUT2D eigenvalue weighted by molar-refractivity contribution is 0.0995. The maximum Gasteiger partial charge on any atom is 0.173 e. The molecule has 0 saturated carbocycles. The summed E-state index contributed by atoms with van der Waals surface area (Å²) in [5.74, 6) is -0.267. The molecule has 1 aromatic heterocycles. The third-order valence-corrected chi connectivity index (χ3v) is 5.86. The maximum atomic E-state index is 14.5. The molecular weight excluding hydrogens is 421 g/mol. The quantitative estimate of drug-likeness (QED) is 0.428. The van der Waals surface area contributed by atoms with Crippen LogP contribution in [0.3, 0.4) is 0 Å². The van der Waals surface area contributed by atoms with E-state index in [1.807, 2.05) is 18.2 Å². The standard InChI is InChI=1S/C25H28FN5O2/c1-3-31(9-7-27)14-16-4-5-19-17(11-16)12-23(33)24-20(6-8-28-25(24)30-19)29-21-13-22(32)15(2)10-18(21)26/h4-6,8,10-11,13,32H,3,7,9,12,14,27H2,1-2H3,(H2,28,29,30). The summed E-state index contributed by atoms with van der Waals surface area (Å²) in [5.41, 5.74) is 9.80. The van der Waals surface area contributed by atoms with Crippen molar-refractivity contribution < 1.29 is 14.3 Å². The van der Waals surface area contributed by atoms with Gasteiger partial charge in [-0.25, -0.2) is 9.37 Å². The minimum Gasteiger partial charge on any atom is -0.508 e. The molecule has 0 amide bonds. The van der Waals surface area contributed by atoms with Crippen LogP contribution in [0.5, 0.6) is 5.75 Å². The second-order valence-corrected chi connectivity index (χ2v) is 8.20. The highest BCUT2D eigenvalue weighted by atomic mass is 19.1. The molecule has 0 saturated heterocycles. The molecule has 0 aliphatic carbocycles. The molecule has 0 radical (unpaired) electrons.